The van der Waals surface area contributed by atoms with E-state index < -0.39 is 11.8 Å². The number of benzene rings is 3. The first-order valence-corrected chi connectivity index (χ1v) is 9.32. The monoisotopic (exact) mass is 406 g/mol. The first kappa shape index (κ1) is 20.3. The van der Waals surface area contributed by atoms with Crippen molar-refractivity contribution in [2.45, 2.75) is 13.8 Å². The second-order valence-corrected chi connectivity index (χ2v) is 6.99. The maximum atomic E-state index is 13.1. The van der Waals surface area contributed by atoms with Crippen molar-refractivity contribution in [1.29, 1.82) is 0 Å². The third-order valence-corrected chi connectivity index (χ3v) is 4.79. The number of nitrogens with one attached hydrogen (secondary N) is 2. The van der Waals surface area contributed by atoms with E-state index >= 15 is 0 Å². The summed E-state index contributed by atoms with van der Waals surface area (Å²) in [7, 11) is 0. The summed E-state index contributed by atoms with van der Waals surface area (Å²) in [6.07, 6.45) is 0. The fourth-order valence-corrected chi connectivity index (χ4v) is 3.12. The van der Waals surface area contributed by atoms with Gasteiger partial charge in [-0.1, -0.05) is 59.6 Å². The Labute approximate surface area is 173 Å². The van der Waals surface area contributed by atoms with Gasteiger partial charge in [0.2, 0.25) is 0 Å². The largest absolute Gasteiger partial charge is 0.289 e. The lowest BCUT2D eigenvalue weighted by Gasteiger charge is -2.12. The lowest BCUT2D eigenvalue weighted by atomic mass is 9.94. The normalized spacial score (nSPS) is 10.3. The molecule has 0 fully saturated rings. The smallest absolute Gasteiger partial charge is 0.271 e. The zero-order valence-corrected chi connectivity index (χ0v) is 16.7. The number of hydrogen-bond acceptors (Lipinski definition) is 3. The molecule has 6 heteroatoms. The molecular formula is C23H19ClN2O3. The first-order valence-electron chi connectivity index (χ1n) is 8.94. The fourth-order valence-electron chi connectivity index (χ4n) is 2.90. The number of hydrogen-bond donors (Lipinski definition) is 2. The zero-order chi connectivity index (χ0) is 21.0. The summed E-state index contributed by atoms with van der Waals surface area (Å²) in [6.45, 7) is 3.75. The molecule has 0 aliphatic carbocycles. The van der Waals surface area contributed by atoms with E-state index in [1.165, 1.54) is 6.07 Å². The number of amides is 2. The number of halogens is 1. The minimum absolute atomic E-state index is 0.165. The summed E-state index contributed by atoms with van der Waals surface area (Å²) in [5.41, 5.74) is 7.64. The topological polar surface area (TPSA) is 75.3 Å². The third-order valence-electron chi connectivity index (χ3n) is 4.46. The van der Waals surface area contributed by atoms with Crippen molar-refractivity contribution in [3.8, 4) is 0 Å². The van der Waals surface area contributed by atoms with Crippen LogP contribution in [0.15, 0.2) is 66.7 Å². The molecule has 0 saturated heterocycles. The van der Waals surface area contributed by atoms with Crippen molar-refractivity contribution >= 4 is 29.2 Å². The quantitative estimate of drug-likeness (QED) is 0.502. The SMILES string of the molecule is Cc1ccc(C)c(C(=O)c2ccccc2C(=O)NNC(=O)c2ccccc2Cl)c1. The summed E-state index contributed by atoms with van der Waals surface area (Å²) in [4.78, 5) is 38.0. The van der Waals surface area contributed by atoms with Gasteiger partial charge in [-0.25, -0.2) is 0 Å². The highest BCUT2D eigenvalue weighted by Gasteiger charge is 2.20. The van der Waals surface area contributed by atoms with Gasteiger partial charge in [0.15, 0.2) is 5.78 Å². The number of carbonyl (C=O) groups excluding carboxylic acids is 3. The van der Waals surface area contributed by atoms with Crippen molar-refractivity contribution in [3.05, 3.63) is 105 Å². The van der Waals surface area contributed by atoms with Crippen molar-refractivity contribution < 1.29 is 14.4 Å². The molecule has 0 aliphatic rings. The van der Waals surface area contributed by atoms with Crippen LogP contribution in [0.3, 0.4) is 0 Å². The molecule has 0 atom stereocenters. The predicted molar refractivity (Wildman–Crippen MR) is 112 cm³/mol. The van der Waals surface area contributed by atoms with Gasteiger partial charge in [0.1, 0.15) is 0 Å². The van der Waals surface area contributed by atoms with Gasteiger partial charge >= 0.3 is 0 Å². The Kier molecular flexibility index (Phi) is 6.10. The van der Waals surface area contributed by atoms with E-state index in [9.17, 15) is 14.4 Å². The molecule has 0 aliphatic heterocycles. The van der Waals surface area contributed by atoms with Crippen LogP contribution in [0.4, 0.5) is 0 Å². The molecule has 0 radical (unpaired) electrons. The van der Waals surface area contributed by atoms with Gasteiger partial charge in [0.05, 0.1) is 16.1 Å². The zero-order valence-electron chi connectivity index (χ0n) is 16.0. The Morgan fingerprint density at radius 2 is 1.24 bits per heavy atom. The summed E-state index contributed by atoms with van der Waals surface area (Å²) in [6, 6.07) is 18.6. The molecule has 3 rings (SSSR count). The molecule has 3 aromatic rings. The molecule has 5 nitrogen and oxygen atoms in total. The molecule has 2 N–H and O–H groups in total. The van der Waals surface area contributed by atoms with Crippen molar-refractivity contribution in [2.75, 3.05) is 0 Å². The maximum Gasteiger partial charge on any atom is 0.271 e. The molecule has 3 aromatic carbocycles. The van der Waals surface area contributed by atoms with Gasteiger partial charge in [0.25, 0.3) is 11.8 Å². The van der Waals surface area contributed by atoms with E-state index in [0.29, 0.717) is 5.56 Å². The molecule has 2 amide bonds. The van der Waals surface area contributed by atoms with Gasteiger partial charge < -0.3 is 0 Å². The second kappa shape index (κ2) is 8.71. The summed E-state index contributed by atoms with van der Waals surface area (Å²) in [5, 5.41) is 0.268. The van der Waals surface area contributed by atoms with Gasteiger partial charge in [-0.3, -0.25) is 25.2 Å². The number of aryl methyl sites for hydroxylation is 2. The second-order valence-electron chi connectivity index (χ2n) is 6.58. The third kappa shape index (κ3) is 4.52. The minimum Gasteiger partial charge on any atom is -0.289 e. The van der Waals surface area contributed by atoms with Crippen LogP contribution in [0, 0.1) is 13.8 Å². The van der Waals surface area contributed by atoms with Crippen LogP contribution in [-0.2, 0) is 0 Å². The number of ketones is 1. The van der Waals surface area contributed by atoms with Crippen LogP contribution in [0.1, 0.15) is 47.8 Å². The molecule has 146 valence electrons. The Morgan fingerprint density at radius 3 is 1.90 bits per heavy atom. The standard InChI is InChI=1S/C23H19ClN2O3/c1-14-11-12-15(2)19(13-14)21(27)16-7-3-4-8-17(16)22(28)25-26-23(29)18-9-5-6-10-20(18)24/h3-13H,1-2H3,(H,25,28)(H,26,29). The van der Waals surface area contributed by atoms with Crippen molar-refractivity contribution in [1.82, 2.24) is 10.9 Å². The van der Waals surface area contributed by atoms with Gasteiger partial charge in [-0.15, -0.1) is 0 Å². The van der Waals surface area contributed by atoms with Gasteiger partial charge in [-0.2, -0.15) is 0 Å². The molecule has 0 unspecified atom stereocenters. The summed E-state index contributed by atoms with van der Waals surface area (Å²) < 4.78 is 0. The van der Waals surface area contributed by atoms with E-state index in [1.807, 2.05) is 26.0 Å². The molecule has 0 spiro atoms. The lowest BCUT2D eigenvalue weighted by molar-refractivity contribution is 0.0845. The van der Waals surface area contributed by atoms with Crippen LogP contribution in [-0.4, -0.2) is 17.6 Å². The molecule has 0 heterocycles. The number of hydrazine groups is 1. The molecule has 0 aromatic heterocycles. The minimum atomic E-state index is -0.598. The number of rotatable bonds is 4. The number of carbonyl (C=O) groups is 3. The van der Waals surface area contributed by atoms with E-state index in [0.717, 1.165) is 11.1 Å². The van der Waals surface area contributed by atoms with Gasteiger partial charge in [0, 0.05) is 11.1 Å². The maximum absolute atomic E-state index is 13.1. The highest BCUT2D eigenvalue weighted by atomic mass is 35.5. The average Bonchev–Trinajstić information content (AvgIpc) is 2.73. The predicted octanol–water partition coefficient (Wildman–Crippen LogP) is 4.26. The molecule has 29 heavy (non-hydrogen) atoms. The molecular weight excluding hydrogens is 388 g/mol. The fraction of sp³-hybridized carbons (Fsp3) is 0.0870. The summed E-state index contributed by atoms with van der Waals surface area (Å²) >= 11 is 6.00. The lowest BCUT2D eigenvalue weighted by Crippen LogP contribution is -2.42. The van der Waals surface area contributed by atoms with Gasteiger partial charge in [-0.05, 0) is 43.7 Å². The highest BCUT2D eigenvalue weighted by molar-refractivity contribution is 6.33. The van der Waals surface area contributed by atoms with E-state index in [1.54, 1.807) is 48.5 Å². The van der Waals surface area contributed by atoms with E-state index in [2.05, 4.69) is 10.9 Å². The Bertz CT molecular complexity index is 1110. The van der Waals surface area contributed by atoms with Crippen LogP contribution in [0.5, 0.6) is 0 Å². The average molecular weight is 407 g/mol. The van der Waals surface area contributed by atoms with Crippen molar-refractivity contribution in [2.24, 2.45) is 0 Å². The molecule has 0 bridgehead atoms. The highest BCUT2D eigenvalue weighted by Crippen LogP contribution is 2.19. The van der Waals surface area contributed by atoms with Crippen LogP contribution >= 0.6 is 11.6 Å². The van der Waals surface area contributed by atoms with Crippen LogP contribution in [0.2, 0.25) is 5.02 Å². The Balaban J connectivity index is 1.82. The van der Waals surface area contributed by atoms with E-state index in [-0.39, 0.29) is 27.5 Å². The van der Waals surface area contributed by atoms with Crippen LogP contribution in [0.25, 0.3) is 0 Å². The molecule has 0 saturated carbocycles. The van der Waals surface area contributed by atoms with Crippen LogP contribution < -0.4 is 10.9 Å². The van der Waals surface area contributed by atoms with E-state index in [4.69, 9.17) is 11.6 Å². The summed E-state index contributed by atoms with van der Waals surface area (Å²) in [5.74, 6) is -1.41. The Morgan fingerprint density at radius 1 is 0.690 bits per heavy atom. The Hall–Kier alpha value is -3.44. The first-order chi connectivity index (χ1) is 13.9. The van der Waals surface area contributed by atoms with Crippen molar-refractivity contribution in [3.63, 3.8) is 0 Å².